The first-order valence-electron chi connectivity index (χ1n) is 6.46. The third-order valence-electron chi connectivity index (χ3n) is 2.86. The van der Waals surface area contributed by atoms with Crippen LogP contribution in [0.25, 0.3) is 0 Å². The Morgan fingerprint density at radius 3 is 2.40 bits per heavy atom. The second kappa shape index (κ2) is 7.51. The van der Waals surface area contributed by atoms with Gasteiger partial charge in [-0.15, -0.1) is 11.8 Å². The van der Waals surface area contributed by atoms with Gasteiger partial charge in [0.2, 0.25) is 0 Å². The quantitative estimate of drug-likeness (QED) is 0.724. The number of halogens is 2. The molecule has 0 aliphatic heterocycles. The molecular formula is C16H17BrClNS. The average molecular weight is 371 g/mol. The van der Waals surface area contributed by atoms with E-state index in [1.54, 1.807) is 0 Å². The van der Waals surface area contributed by atoms with E-state index in [9.17, 15) is 0 Å². The molecule has 1 nitrogen and oxygen atoms in total. The fraction of sp³-hybridized carbons (Fsp3) is 0.250. The molecule has 0 aliphatic carbocycles. The van der Waals surface area contributed by atoms with Gasteiger partial charge in [-0.05, 0) is 64.7 Å². The summed E-state index contributed by atoms with van der Waals surface area (Å²) in [4.78, 5) is 1.24. The zero-order valence-electron chi connectivity index (χ0n) is 11.3. The summed E-state index contributed by atoms with van der Waals surface area (Å²) in [5.41, 5.74) is 8.36. The van der Waals surface area contributed by atoms with Crippen molar-refractivity contribution < 1.29 is 0 Å². The van der Waals surface area contributed by atoms with Gasteiger partial charge in [-0.2, -0.15) is 0 Å². The highest BCUT2D eigenvalue weighted by Gasteiger charge is 2.05. The van der Waals surface area contributed by atoms with Crippen molar-refractivity contribution in [2.75, 3.05) is 0 Å². The van der Waals surface area contributed by atoms with Crippen molar-refractivity contribution in [1.29, 1.82) is 0 Å². The summed E-state index contributed by atoms with van der Waals surface area (Å²) in [6.07, 6.45) is 0.904. The predicted molar refractivity (Wildman–Crippen MR) is 92.5 cm³/mol. The van der Waals surface area contributed by atoms with Gasteiger partial charge in [0, 0.05) is 26.2 Å². The lowest BCUT2D eigenvalue weighted by molar-refractivity contribution is 0.737. The fourth-order valence-corrected chi connectivity index (χ4v) is 3.67. The minimum absolute atomic E-state index is 0.189. The van der Waals surface area contributed by atoms with E-state index in [-0.39, 0.29) is 6.04 Å². The SMILES string of the molecule is CC(N)Cc1ccc(SCc2ccc(Cl)cc2)c(Br)c1. The Kier molecular flexibility index (Phi) is 5.97. The lowest BCUT2D eigenvalue weighted by atomic mass is 10.1. The Bertz CT molecular complexity index is 569. The van der Waals surface area contributed by atoms with Crippen molar-refractivity contribution in [2.24, 2.45) is 5.73 Å². The van der Waals surface area contributed by atoms with Crippen LogP contribution < -0.4 is 5.73 Å². The molecule has 0 aliphatic rings. The highest BCUT2D eigenvalue weighted by atomic mass is 79.9. The molecule has 20 heavy (non-hydrogen) atoms. The van der Waals surface area contributed by atoms with Crippen LogP contribution in [0.4, 0.5) is 0 Å². The molecule has 2 N–H and O–H groups in total. The molecule has 0 aromatic heterocycles. The van der Waals surface area contributed by atoms with Gasteiger partial charge in [0.1, 0.15) is 0 Å². The molecule has 0 saturated heterocycles. The molecule has 4 heteroatoms. The molecule has 0 fully saturated rings. The van der Waals surface area contributed by atoms with Crippen LogP contribution in [0.2, 0.25) is 5.02 Å². The van der Waals surface area contributed by atoms with Crippen LogP contribution in [0, 0.1) is 0 Å². The molecule has 106 valence electrons. The number of rotatable bonds is 5. The van der Waals surface area contributed by atoms with Crippen molar-refractivity contribution in [1.82, 2.24) is 0 Å². The highest BCUT2D eigenvalue weighted by Crippen LogP contribution is 2.31. The van der Waals surface area contributed by atoms with Gasteiger partial charge in [0.25, 0.3) is 0 Å². The topological polar surface area (TPSA) is 26.0 Å². The molecule has 0 amide bonds. The standard InChI is InChI=1S/C16H17BrClNS/c1-11(19)8-13-4-7-16(15(17)9-13)20-10-12-2-5-14(18)6-3-12/h2-7,9,11H,8,10,19H2,1H3. The van der Waals surface area contributed by atoms with Gasteiger partial charge < -0.3 is 5.73 Å². The summed E-state index contributed by atoms with van der Waals surface area (Å²) in [6, 6.07) is 14.6. The van der Waals surface area contributed by atoms with Gasteiger partial charge in [-0.25, -0.2) is 0 Å². The van der Waals surface area contributed by atoms with Crippen LogP contribution in [-0.4, -0.2) is 6.04 Å². The Balaban J connectivity index is 2.01. The van der Waals surface area contributed by atoms with E-state index in [2.05, 4.69) is 46.3 Å². The van der Waals surface area contributed by atoms with Crippen LogP contribution in [0.3, 0.4) is 0 Å². The van der Waals surface area contributed by atoms with Gasteiger partial charge >= 0.3 is 0 Å². The number of hydrogen-bond acceptors (Lipinski definition) is 2. The molecular weight excluding hydrogens is 354 g/mol. The van der Waals surface area contributed by atoms with Gasteiger partial charge in [0.05, 0.1) is 0 Å². The third kappa shape index (κ3) is 4.81. The van der Waals surface area contributed by atoms with E-state index in [1.807, 2.05) is 30.8 Å². The molecule has 0 heterocycles. The summed E-state index contributed by atoms with van der Waals surface area (Å²) in [6.45, 7) is 2.02. The maximum atomic E-state index is 5.89. The van der Waals surface area contributed by atoms with Crippen molar-refractivity contribution in [2.45, 2.75) is 30.0 Å². The maximum absolute atomic E-state index is 5.89. The normalized spacial score (nSPS) is 12.4. The third-order valence-corrected chi connectivity index (χ3v) is 5.18. The van der Waals surface area contributed by atoms with Gasteiger partial charge in [-0.3, -0.25) is 0 Å². The fourth-order valence-electron chi connectivity index (χ4n) is 1.90. The summed E-state index contributed by atoms with van der Waals surface area (Å²) in [5, 5.41) is 0.778. The summed E-state index contributed by atoms with van der Waals surface area (Å²) < 4.78 is 1.13. The lowest BCUT2D eigenvalue weighted by Crippen LogP contribution is -2.17. The van der Waals surface area contributed by atoms with E-state index in [4.69, 9.17) is 17.3 Å². The highest BCUT2D eigenvalue weighted by molar-refractivity contribution is 9.10. The molecule has 0 radical (unpaired) electrons. The van der Waals surface area contributed by atoms with E-state index in [0.717, 1.165) is 21.7 Å². The molecule has 1 unspecified atom stereocenters. The largest absolute Gasteiger partial charge is 0.328 e. The number of thioether (sulfide) groups is 1. The first kappa shape index (κ1) is 15.9. The minimum Gasteiger partial charge on any atom is -0.328 e. The Morgan fingerprint density at radius 1 is 1.15 bits per heavy atom. The molecule has 1 atom stereocenters. The smallest absolute Gasteiger partial charge is 0.0406 e. The van der Waals surface area contributed by atoms with E-state index in [0.29, 0.717) is 0 Å². The van der Waals surface area contributed by atoms with E-state index >= 15 is 0 Å². The number of hydrogen-bond donors (Lipinski definition) is 1. The second-order valence-corrected chi connectivity index (χ2v) is 7.17. The number of benzene rings is 2. The first-order valence-corrected chi connectivity index (χ1v) is 8.61. The predicted octanol–water partition coefficient (Wildman–Crippen LogP) is 5.28. The van der Waals surface area contributed by atoms with E-state index < -0.39 is 0 Å². The monoisotopic (exact) mass is 369 g/mol. The zero-order valence-corrected chi connectivity index (χ0v) is 14.4. The van der Waals surface area contributed by atoms with Crippen molar-refractivity contribution in [3.05, 3.63) is 63.1 Å². The van der Waals surface area contributed by atoms with Crippen molar-refractivity contribution >= 4 is 39.3 Å². The zero-order chi connectivity index (χ0) is 14.5. The Labute approximate surface area is 138 Å². The first-order chi connectivity index (χ1) is 9.54. The van der Waals surface area contributed by atoms with Crippen LogP contribution in [0.1, 0.15) is 18.1 Å². The molecule has 0 spiro atoms. The minimum atomic E-state index is 0.189. The molecule has 0 saturated carbocycles. The average Bonchev–Trinajstić information content (AvgIpc) is 2.39. The second-order valence-electron chi connectivity index (χ2n) is 4.86. The summed E-state index contributed by atoms with van der Waals surface area (Å²) >= 11 is 11.3. The van der Waals surface area contributed by atoms with Crippen molar-refractivity contribution in [3.8, 4) is 0 Å². The molecule has 0 bridgehead atoms. The molecule has 2 aromatic rings. The Hall–Kier alpha value is -0.480. The summed E-state index contributed by atoms with van der Waals surface area (Å²) in [5.74, 6) is 0.933. The van der Waals surface area contributed by atoms with Crippen LogP contribution in [0.15, 0.2) is 51.8 Å². The summed E-state index contributed by atoms with van der Waals surface area (Å²) in [7, 11) is 0. The maximum Gasteiger partial charge on any atom is 0.0406 e. The molecule has 2 aromatic carbocycles. The van der Waals surface area contributed by atoms with E-state index in [1.165, 1.54) is 16.0 Å². The molecule has 2 rings (SSSR count). The van der Waals surface area contributed by atoms with Gasteiger partial charge in [0.15, 0.2) is 0 Å². The Morgan fingerprint density at radius 2 is 1.80 bits per heavy atom. The van der Waals surface area contributed by atoms with Crippen LogP contribution >= 0.6 is 39.3 Å². The number of nitrogens with two attached hydrogens (primary N) is 1. The lowest BCUT2D eigenvalue weighted by Gasteiger charge is -2.09. The van der Waals surface area contributed by atoms with Crippen molar-refractivity contribution in [3.63, 3.8) is 0 Å². The van der Waals surface area contributed by atoms with Crippen LogP contribution in [0.5, 0.6) is 0 Å². The van der Waals surface area contributed by atoms with Gasteiger partial charge in [-0.1, -0.05) is 29.8 Å². The van der Waals surface area contributed by atoms with Crippen LogP contribution in [-0.2, 0) is 12.2 Å².